The summed E-state index contributed by atoms with van der Waals surface area (Å²) in [6, 6.07) is 7.79. The average Bonchev–Trinajstić information content (AvgIpc) is 2.56. The van der Waals surface area contributed by atoms with Crippen LogP contribution in [0, 0.1) is 5.92 Å². The monoisotopic (exact) mass is 263 g/mol. The Labute approximate surface area is 114 Å². The highest BCUT2D eigenvalue weighted by molar-refractivity contribution is 5.68. The Hall–Kier alpha value is -1.55. The molecule has 1 atom stereocenters. The molecule has 1 aromatic rings. The lowest BCUT2D eigenvalue weighted by molar-refractivity contribution is 0.0700. The van der Waals surface area contributed by atoms with Crippen LogP contribution in [-0.4, -0.2) is 35.8 Å². The highest BCUT2D eigenvalue weighted by Gasteiger charge is 2.25. The van der Waals surface area contributed by atoms with E-state index in [-0.39, 0.29) is 6.09 Å². The van der Waals surface area contributed by atoms with Crippen molar-refractivity contribution in [1.29, 1.82) is 0 Å². The summed E-state index contributed by atoms with van der Waals surface area (Å²) in [7, 11) is 0. The Kier molecular flexibility index (Phi) is 4.43. The van der Waals surface area contributed by atoms with E-state index in [0.717, 1.165) is 17.5 Å². The number of nitrogens with zero attached hydrogens (tertiary/aromatic N) is 1. The van der Waals surface area contributed by atoms with Crippen LogP contribution >= 0.6 is 0 Å². The van der Waals surface area contributed by atoms with E-state index in [1.54, 1.807) is 4.90 Å². The number of carbonyl (C=O) groups excluding carboxylic acids is 1. The Morgan fingerprint density at radius 2 is 2.21 bits per heavy atom. The molecule has 1 aliphatic rings. The SMILES string of the molecule is CC(C)COC(=O)N1CCc2ccccc2C(O)C1. The lowest BCUT2D eigenvalue weighted by Crippen LogP contribution is -2.35. The van der Waals surface area contributed by atoms with Gasteiger partial charge < -0.3 is 14.7 Å². The normalized spacial score (nSPS) is 18.9. The van der Waals surface area contributed by atoms with Gasteiger partial charge in [-0.25, -0.2) is 4.79 Å². The van der Waals surface area contributed by atoms with E-state index in [0.29, 0.717) is 25.6 Å². The van der Waals surface area contributed by atoms with Gasteiger partial charge in [0, 0.05) is 6.54 Å². The molecule has 0 aliphatic carbocycles. The largest absolute Gasteiger partial charge is 0.449 e. The first kappa shape index (κ1) is 13.9. The summed E-state index contributed by atoms with van der Waals surface area (Å²) >= 11 is 0. The topological polar surface area (TPSA) is 49.8 Å². The maximum atomic E-state index is 11.9. The molecule has 0 saturated carbocycles. The van der Waals surface area contributed by atoms with Crippen LogP contribution in [0.25, 0.3) is 0 Å². The fraction of sp³-hybridized carbons (Fsp3) is 0.533. The zero-order valence-corrected chi connectivity index (χ0v) is 11.5. The van der Waals surface area contributed by atoms with Gasteiger partial charge in [-0.2, -0.15) is 0 Å². The number of carbonyl (C=O) groups is 1. The summed E-state index contributed by atoms with van der Waals surface area (Å²) in [5.41, 5.74) is 2.02. The second-order valence-corrected chi connectivity index (χ2v) is 5.38. The minimum absolute atomic E-state index is 0.300. The van der Waals surface area contributed by atoms with Crippen LogP contribution in [0.4, 0.5) is 4.79 Å². The van der Waals surface area contributed by atoms with Crippen molar-refractivity contribution < 1.29 is 14.6 Å². The van der Waals surface area contributed by atoms with Crippen LogP contribution in [0.3, 0.4) is 0 Å². The molecule has 1 aliphatic heterocycles. The van der Waals surface area contributed by atoms with E-state index in [1.165, 1.54) is 0 Å². The number of amides is 1. The number of hydrogen-bond donors (Lipinski definition) is 1. The van der Waals surface area contributed by atoms with Crippen LogP contribution in [0.1, 0.15) is 31.1 Å². The van der Waals surface area contributed by atoms with Crippen molar-refractivity contribution in [2.75, 3.05) is 19.7 Å². The number of rotatable bonds is 2. The van der Waals surface area contributed by atoms with Crippen LogP contribution in [0.2, 0.25) is 0 Å². The van der Waals surface area contributed by atoms with Crippen molar-refractivity contribution in [2.45, 2.75) is 26.4 Å². The molecule has 0 aromatic heterocycles. The maximum Gasteiger partial charge on any atom is 0.409 e. The summed E-state index contributed by atoms with van der Waals surface area (Å²) in [6.45, 7) is 5.30. The van der Waals surface area contributed by atoms with Crippen LogP contribution < -0.4 is 0 Å². The van der Waals surface area contributed by atoms with Crippen molar-refractivity contribution >= 4 is 6.09 Å². The van der Waals surface area contributed by atoms with E-state index in [1.807, 2.05) is 38.1 Å². The van der Waals surface area contributed by atoms with Gasteiger partial charge in [-0.05, 0) is 23.5 Å². The smallest absolute Gasteiger partial charge is 0.409 e. The van der Waals surface area contributed by atoms with Gasteiger partial charge in [0.1, 0.15) is 0 Å². The zero-order chi connectivity index (χ0) is 13.8. The van der Waals surface area contributed by atoms with E-state index in [2.05, 4.69) is 0 Å². The van der Waals surface area contributed by atoms with Crippen LogP contribution in [-0.2, 0) is 11.2 Å². The van der Waals surface area contributed by atoms with Gasteiger partial charge in [-0.15, -0.1) is 0 Å². The second kappa shape index (κ2) is 6.06. The van der Waals surface area contributed by atoms with E-state index >= 15 is 0 Å². The summed E-state index contributed by atoms with van der Waals surface area (Å²) in [4.78, 5) is 13.5. The van der Waals surface area contributed by atoms with Crippen molar-refractivity contribution in [3.63, 3.8) is 0 Å². The first-order valence-corrected chi connectivity index (χ1v) is 6.75. The minimum Gasteiger partial charge on any atom is -0.449 e. The predicted octanol–water partition coefficient (Wildman–Crippen LogP) is 2.37. The molecular formula is C15H21NO3. The fourth-order valence-corrected chi connectivity index (χ4v) is 2.24. The van der Waals surface area contributed by atoms with Crippen molar-refractivity contribution in [3.05, 3.63) is 35.4 Å². The molecule has 0 fully saturated rings. The summed E-state index contributed by atoms with van der Waals surface area (Å²) in [6.07, 6.45) is -0.213. The fourth-order valence-electron chi connectivity index (χ4n) is 2.24. The second-order valence-electron chi connectivity index (χ2n) is 5.38. The summed E-state index contributed by atoms with van der Waals surface area (Å²) < 4.78 is 5.22. The molecule has 1 N–H and O–H groups in total. The van der Waals surface area contributed by atoms with Crippen LogP contribution in [0.15, 0.2) is 24.3 Å². The molecule has 4 nitrogen and oxygen atoms in total. The van der Waals surface area contributed by atoms with Crippen molar-refractivity contribution in [3.8, 4) is 0 Å². The van der Waals surface area contributed by atoms with E-state index in [9.17, 15) is 9.90 Å². The Balaban J connectivity index is 2.03. The molecule has 4 heteroatoms. The average molecular weight is 263 g/mol. The van der Waals surface area contributed by atoms with Gasteiger partial charge in [0.25, 0.3) is 0 Å². The molecule has 19 heavy (non-hydrogen) atoms. The van der Waals surface area contributed by atoms with Gasteiger partial charge in [0.15, 0.2) is 0 Å². The number of aliphatic hydroxyl groups excluding tert-OH is 1. The first-order valence-electron chi connectivity index (χ1n) is 6.75. The van der Waals surface area contributed by atoms with Gasteiger partial charge in [0.2, 0.25) is 0 Å². The first-order chi connectivity index (χ1) is 9.08. The molecule has 0 bridgehead atoms. The van der Waals surface area contributed by atoms with Gasteiger partial charge in [0.05, 0.1) is 19.3 Å². The van der Waals surface area contributed by atoms with Crippen LogP contribution in [0.5, 0.6) is 0 Å². The molecular weight excluding hydrogens is 242 g/mol. The number of ether oxygens (including phenoxy) is 1. The van der Waals surface area contributed by atoms with Crippen molar-refractivity contribution in [2.24, 2.45) is 5.92 Å². The lowest BCUT2D eigenvalue weighted by Gasteiger charge is -2.22. The zero-order valence-electron chi connectivity index (χ0n) is 11.5. The third kappa shape index (κ3) is 3.47. The molecule has 1 heterocycles. The Morgan fingerprint density at radius 3 is 2.95 bits per heavy atom. The molecule has 1 amide bonds. The molecule has 0 saturated heterocycles. The lowest BCUT2D eigenvalue weighted by atomic mass is 10.0. The standard InChI is InChI=1S/C15H21NO3/c1-11(2)10-19-15(18)16-8-7-12-5-3-4-6-13(12)14(17)9-16/h3-6,11,14,17H,7-10H2,1-2H3. The Bertz CT molecular complexity index is 445. The number of β-amino-alcohol motifs (C(OH)–C–C–N with tert-alkyl or cyclic N) is 1. The highest BCUT2D eigenvalue weighted by atomic mass is 16.6. The third-order valence-electron chi connectivity index (χ3n) is 3.26. The number of hydrogen-bond acceptors (Lipinski definition) is 3. The van der Waals surface area contributed by atoms with Gasteiger partial charge in [-0.3, -0.25) is 0 Å². The summed E-state index contributed by atoms with van der Waals surface area (Å²) in [5, 5.41) is 10.2. The molecule has 1 aromatic carbocycles. The minimum atomic E-state index is -0.634. The van der Waals surface area contributed by atoms with Gasteiger partial charge in [-0.1, -0.05) is 38.1 Å². The Morgan fingerprint density at radius 1 is 1.47 bits per heavy atom. The number of benzene rings is 1. The molecule has 2 rings (SSSR count). The van der Waals surface area contributed by atoms with E-state index < -0.39 is 6.10 Å². The van der Waals surface area contributed by atoms with Crippen molar-refractivity contribution in [1.82, 2.24) is 4.90 Å². The third-order valence-corrected chi connectivity index (χ3v) is 3.26. The number of aliphatic hydroxyl groups is 1. The summed E-state index contributed by atoms with van der Waals surface area (Å²) in [5.74, 6) is 0.318. The number of fused-ring (bicyclic) bond motifs is 1. The molecule has 104 valence electrons. The molecule has 0 radical (unpaired) electrons. The van der Waals surface area contributed by atoms with Gasteiger partial charge >= 0.3 is 6.09 Å². The molecule has 1 unspecified atom stereocenters. The maximum absolute atomic E-state index is 11.9. The quantitative estimate of drug-likeness (QED) is 0.891. The highest BCUT2D eigenvalue weighted by Crippen LogP contribution is 2.23. The van der Waals surface area contributed by atoms with E-state index in [4.69, 9.17) is 4.74 Å². The predicted molar refractivity (Wildman–Crippen MR) is 72.9 cm³/mol. The molecule has 0 spiro atoms.